The molecule has 0 unspecified atom stereocenters. The average molecular weight is 250 g/mol. The molecule has 18 heavy (non-hydrogen) atoms. The zero-order chi connectivity index (χ0) is 13.4. The van der Waals surface area contributed by atoms with Crippen LogP contribution in [-0.2, 0) is 13.6 Å². The summed E-state index contributed by atoms with van der Waals surface area (Å²) in [5.41, 5.74) is 8.82. The van der Waals surface area contributed by atoms with E-state index >= 15 is 0 Å². The molecule has 0 saturated heterocycles. The Morgan fingerprint density at radius 3 is 2.67 bits per heavy atom. The lowest BCUT2D eigenvalue weighted by Crippen LogP contribution is -2.30. The largest absolute Gasteiger partial charge is 0.369 e. The number of hydrogen-bond donors (Lipinski definition) is 1. The van der Waals surface area contributed by atoms with E-state index in [9.17, 15) is 0 Å². The Kier molecular flexibility index (Phi) is 3.30. The number of hydrogen-bond acceptors (Lipinski definition) is 4. The van der Waals surface area contributed by atoms with Crippen molar-refractivity contribution in [3.8, 4) is 0 Å². The molecule has 0 saturated carbocycles. The van der Waals surface area contributed by atoms with Gasteiger partial charge in [0.25, 0.3) is 0 Å². The number of rotatable bonds is 4. The molecule has 0 aliphatic heterocycles. The molecule has 0 radical (unpaired) electrons. The number of imidazole rings is 1. The number of fused-ring (bicyclic) bond motifs is 1. The van der Waals surface area contributed by atoms with Crippen molar-refractivity contribution >= 4 is 17.1 Å². The molecule has 6 nitrogen and oxygen atoms in total. The number of nitrogens with zero attached hydrogens (tertiary/aromatic N) is 5. The fourth-order valence-corrected chi connectivity index (χ4v) is 2.09. The smallest absolute Gasteiger partial charge is 0.202 e. The van der Waals surface area contributed by atoms with Crippen LogP contribution in [0.25, 0.3) is 11.2 Å². The van der Waals surface area contributed by atoms with E-state index in [1.54, 1.807) is 0 Å². The lowest BCUT2D eigenvalue weighted by Gasteiger charge is -2.21. The molecule has 0 atom stereocenters. The van der Waals surface area contributed by atoms with Crippen molar-refractivity contribution in [3.05, 3.63) is 5.69 Å². The maximum atomic E-state index is 5.99. The Morgan fingerprint density at radius 2 is 2.06 bits per heavy atom. The van der Waals surface area contributed by atoms with Crippen LogP contribution in [0.15, 0.2) is 0 Å². The number of nitrogens with two attached hydrogens (primary N) is 1. The van der Waals surface area contributed by atoms with Gasteiger partial charge in [-0.05, 0) is 27.8 Å². The van der Waals surface area contributed by atoms with Gasteiger partial charge >= 0.3 is 0 Å². The molecule has 100 valence electrons. The minimum absolute atomic E-state index is 0.526. The Labute approximate surface area is 107 Å². The van der Waals surface area contributed by atoms with Crippen LogP contribution < -0.4 is 5.73 Å². The van der Waals surface area contributed by atoms with Crippen molar-refractivity contribution in [1.82, 2.24) is 24.2 Å². The summed E-state index contributed by atoms with van der Waals surface area (Å²) < 4.78 is 3.89. The highest BCUT2D eigenvalue weighted by molar-refractivity contribution is 5.77. The zero-order valence-corrected chi connectivity index (χ0v) is 11.8. The van der Waals surface area contributed by atoms with Gasteiger partial charge < -0.3 is 10.6 Å². The summed E-state index contributed by atoms with van der Waals surface area (Å²) in [4.78, 5) is 6.68. The third-order valence-corrected chi connectivity index (χ3v) is 3.48. The van der Waals surface area contributed by atoms with Gasteiger partial charge in [-0.1, -0.05) is 0 Å². The van der Waals surface area contributed by atoms with Gasteiger partial charge in [-0.3, -0.25) is 9.25 Å². The molecule has 2 N–H and O–H groups in total. The van der Waals surface area contributed by atoms with Gasteiger partial charge in [-0.15, -0.1) is 0 Å². The van der Waals surface area contributed by atoms with E-state index in [2.05, 4.69) is 35.9 Å². The van der Waals surface area contributed by atoms with Crippen LogP contribution in [0.4, 0.5) is 5.95 Å². The van der Waals surface area contributed by atoms with Crippen molar-refractivity contribution in [1.29, 1.82) is 0 Å². The minimum atomic E-state index is 0.526. The third kappa shape index (κ3) is 2.08. The van der Waals surface area contributed by atoms with Crippen LogP contribution in [0.3, 0.4) is 0 Å². The molecule has 0 fully saturated rings. The first kappa shape index (κ1) is 12.9. The molecule has 2 aromatic heterocycles. The quantitative estimate of drug-likeness (QED) is 0.879. The van der Waals surface area contributed by atoms with Crippen molar-refractivity contribution in [2.45, 2.75) is 33.4 Å². The molecule has 2 rings (SSSR count). The van der Waals surface area contributed by atoms with E-state index < -0.39 is 0 Å². The molecule has 0 aromatic carbocycles. The topological polar surface area (TPSA) is 64.9 Å². The normalized spacial score (nSPS) is 12.2. The highest BCUT2D eigenvalue weighted by Crippen LogP contribution is 2.20. The molecular weight excluding hydrogens is 228 g/mol. The standard InChI is InChI=1S/C12H22N6/c1-8(2)16(4)6-7-18-11-10(14-12(18)13)9(3)15-17(11)5/h8H,6-7H2,1-5H3,(H2,13,14). The Balaban J connectivity index is 2.30. The second kappa shape index (κ2) is 4.61. The molecule has 0 aliphatic carbocycles. The Hall–Kier alpha value is -1.56. The van der Waals surface area contributed by atoms with Gasteiger partial charge in [0.15, 0.2) is 5.65 Å². The average Bonchev–Trinajstić information content (AvgIpc) is 2.75. The van der Waals surface area contributed by atoms with Crippen LogP contribution in [0.5, 0.6) is 0 Å². The van der Waals surface area contributed by atoms with Gasteiger partial charge in [-0.2, -0.15) is 5.10 Å². The van der Waals surface area contributed by atoms with Gasteiger partial charge in [-0.25, -0.2) is 4.98 Å². The van der Waals surface area contributed by atoms with E-state index in [0.29, 0.717) is 12.0 Å². The highest BCUT2D eigenvalue weighted by Gasteiger charge is 2.16. The second-order valence-electron chi connectivity index (χ2n) is 5.08. The summed E-state index contributed by atoms with van der Waals surface area (Å²) in [5.74, 6) is 0.568. The first-order valence-electron chi connectivity index (χ1n) is 6.27. The highest BCUT2D eigenvalue weighted by atomic mass is 15.3. The molecule has 0 amide bonds. The predicted octanol–water partition coefficient (Wildman–Crippen LogP) is 1.00. The van der Waals surface area contributed by atoms with Gasteiger partial charge in [0.05, 0.1) is 5.69 Å². The Bertz CT molecular complexity index is 550. The van der Waals surface area contributed by atoms with Crippen molar-refractivity contribution in [3.63, 3.8) is 0 Å². The number of likely N-dealkylation sites (N-methyl/N-ethyl adjacent to an activating group) is 1. The van der Waals surface area contributed by atoms with Gasteiger partial charge in [0.1, 0.15) is 5.52 Å². The molecule has 0 aliphatic rings. The summed E-state index contributed by atoms with van der Waals surface area (Å²) in [7, 11) is 4.04. The van der Waals surface area contributed by atoms with Crippen LogP contribution in [0.1, 0.15) is 19.5 Å². The lowest BCUT2D eigenvalue weighted by molar-refractivity contribution is 0.264. The van der Waals surface area contributed by atoms with E-state index in [0.717, 1.165) is 29.9 Å². The lowest BCUT2D eigenvalue weighted by atomic mass is 10.3. The fraction of sp³-hybridized carbons (Fsp3) is 0.667. The Morgan fingerprint density at radius 1 is 1.39 bits per heavy atom. The minimum Gasteiger partial charge on any atom is -0.369 e. The molecule has 0 bridgehead atoms. The first-order valence-corrected chi connectivity index (χ1v) is 6.27. The van der Waals surface area contributed by atoms with Crippen molar-refractivity contribution < 1.29 is 0 Å². The van der Waals surface area contributed by atoms with Crippen LogP contribution in [0.2, 0.25) is 0 Å². The van der Waals surface area contributed by atoms with Crippen molar-refractivity contribution in [2.75, 3.05) is 19.3 Å². The second-order valence-corrected chi connectivity index (χ2v) is 5.08. The number of anilines is 1. The molecule has 0 spiro atoms. The summed E-state index contributed by atoms with van der Waals surface area (Å²) in [6.45, 7) is 8.09. The number of aromatic nitrogens is 4. The van der Waals surface area contributed by atoms with Crippen molar-refractivity contribution in [2.24, 2.45) is 7.05 Å². The van der Waals surface area contributed by atoms with Crippen LogP contribution in [0, 0.1) is 6.92 Å². The maximum Gasteiger partial charge on any atom is 0.202 e. The monoisotopic (exact) mass is 250 g/mol. The number of nitrogen functional groups attached to an aromatic ring is 1. The molecule has 6 heteroatoms. The fourth-order valence-electron chi connectivity index (χ4n) is 2.09. The van der Waals surface area contributed by atoms with E-state index in [1.165, 1.54) is 0 Å². The van der Waals surface area contributed by atoms with Gasteiger partial charge in [0, 0.05) is 26.2 Å². The summed E-state index contributed by atoms with van der Waals surface area (Å²) >= 11 is 0. The summed E-state index contributed by atoms with van der Waals surface area (Å²) in [6.07, 6.45) is 0. The third-order valence-electron chi connectivity index (χ3n) is 3.48. The predicted molar refractivity (Wildman–Crippen MR) is 73.4 cm³/mol. The molecular formula is C12H22N6. The molecule has 2 heterocycles. The summed E-state index contributed by atoms with van der Waals surface area (Å²) in [6, 6.07) is 0.526. The number of aryl methyl sites for hydroxylation is 2. The first-order chi connectivity index (χ1) is 8.41. The van der Waals surface area contributed by atoms with E-state index in [-0.39, 0.29) is 0 Å². The maximum absolute atomic E-state index is 5.99. The zero-order valence-electron chi connectivity index (χ0n) is 11.8. The van der Waals surface area contributed by atoms with Gasteiger partial charge in [0.2, 0.25) is 5.95 Å². The van der Waals surface area contributed by atoms with Crippen LogP contribution in [-0.4, -0.2) is 43.9 Å². The van der Waals surface area contributed by atoms with Crippen LogP contribution >= 0.6 is 0 Å². The summed E-state index contributed by atoms with van der Waals surface area (Å²) in [5, 5.41) is 4.38. The SMILES string of the molecule is Cc1nn(C)c2c1nc(N)n2CCN(C)C(C)C. The van der Waals surface area contributed by atoms with E-state index in [4.69, 9.17) is 5.73 Å². The molecule has 2 aromatic rings. The van der Waals surface area contributed by atoms with E-state index in [1.807, 2.05) is 23.2 Å².